The van der Waals surface area contributed by atoms with E-state index >= 15 is 0 Å². The van der Waals surface area contributed by atoms with Crippen molar-refractivity contribution >= 4 is 27.3 Å². The molecule has 2 atom stereocenters. The molecule has 0 radical (unpaired) electrons. The van der Waals surface area contributed by atoms with Crippen molar-refractivity contribution in [3.63, 3.8) is 0 Å². The van der Waals surface area contributed by atoms with Crippen molar-refractivity contribution < 1.29 is 18.3 Å². The van der Waals surface area contributed by atoms with E-state index < -0.39 is 16.1 Å². The van der Waals surface area contributed by atoms with Crippen LogP contribution >= 0.6 is 11.6 Å². The highest BCUT2D eigenvalue weighted by Crippen LogP contribution is 2.30. The van der Waals surface area contributed by atoms with Crippen LogP contribution in [0.2, 0.25) is 5.02 Å². The lowest BCUT2D eigenvalue weighted by molar-refractivity contribution is -0.0516. The third-order valence-electron chi connectivity index (χ3n) is 3.60. The second-order valence-electron chi connectivity index (χ2n) is 5.18. The van der Waals surface area contributed by atoms with E-state index in [1.807, 2.05) is 0 Å². The monoisotopic (exact) mass is 334 g/mol. The fraction of sp³-hybridized carbons (Fsp3) is 0.538. The fourth-order valence-electron chi connectivity index (χ4n) is 2.31. The van der Waals surface area contributed by atoms with E-state index in [-0.39, 0.29) is 35.7 Å². The van der Waals surface area contributed by atoms with Gasteiger partial charge < -0.3 is 15.6 Å². The normalized spacial score (nSPS) is 24.2. The zero-order valence-corrected chi connectivity index (χ0v) is 13.5. The lowest BCUT2D eigenvalue weighted by Gasteiger charge is -2.36. The number of morpholine rings is 1. The van der Waals surface area contributed by atoms with Crippen LogP contribution in [0.5, 0.6) is 0 Å². The van der Waals surface area contributed by atoms with Crippen molar-refractivity contribution in [1.29, 1.82) is 0 Å². The third kappa shape index (κ3) is 3.17. The molecule has 21 heavy (non-hydrogen) atoms. The number of nitrogens with two attached hydrogens (primary N) is 1. The number of nitrogens with zero attached hydrogens (tertiary/aromatic N) is 1. The van der Waals surface area contributed by atoms with Gasteiger partial charge in [-0.1, -0.05) is 11.6 Å². The van der Waals surface area contributed by atoms with Crippen LogP contribution in [-0.4, -0.2) is 49.7 Å². The van der Waals surface area contributed by atoms with Gasteiger partial charge in [-0.25, -0.2) is 8.42 Å². The first-order valence-electron chi connectivity index (χ1n) is 6.57. The highest BCUT2D eigenvalue weighted by molar-refractivity contribution is 7.89. The van der Waals surface area contributed by atoms with E-state index in [9.17, 15) is 13.5 Å². The van der Waals surface area contributed by atoms with E-state index in [0.717, 1.165) is 0 Å². The van der Waals surface area contributed by atoms with Gasteiger partial charge >= 0.3 is 0 Å². The maximum Gasteiger partial charge on any atom is 0.243 e. The highest BCUT2D eigenvalue weighted by Gasteiger charge is 2.36. The molecule has 0 spiro atoms. The zero-order valence-electron chi connectivity index (χ0n) is 11.9. The molecule has 2 unspecified atom stereocenters. The molecule has 1 aromatic rings. The number of sulfonamides is 1. The molecule has 0 saturated carbocycles. The van der Waals surface area contributed by atoms with Gasteiger partial charge in [0.25, 0.3) is 0 Å². The minimum absolute atomic E-state index is 0.0953. The molecule has 2 rings (SSSR count). The topological polar surface area (TPSA) is 92.9 Å². The summed E-state index contributed by atoms with van der Waals surface area (Å²) in [7, 11) is -3.75. The number of ether oxygens (including phenoxy) is 1. The molecule has 1 aromatic carbocycles. The summed E-state index contributed by atoms with van der Waals surface area (Å²) >= 11 is 5.93. The lowest BCUT2D eigenvalue weighted by Crippen LogP contribution is -2.51. The van der Waals surface area contributed by atoms with E-state index in [4.69, 9.17) is 22.1 Å². The molecule has 1 aliphatic rings. The first kappa shape index (κ1) is 16.5. The number of benzene rings is 1. The van der Waals surface area contributed by atoms with E-state index in [2.05, 4.69) is 0 Å². The van der Waals surface area contributed by atoms with Crippen molar-refractivity contribution in [2.45, 2.75) is 30.9 Å². The highest BCUT2D eigenvalue weighted by atomic mass is 35.5. The van der Waals surface area contributed by atoms with Gasteiger partial charge in [0.2, 0.25) is 10.0 Å². The van der Waals surface area contributed by atoms with E-state index in [1.54, 1.807) is 13.8 Å². The minimum Gasteiger partial charge on any atom is -0.398 e. The lowest BCUT2D eigenvalue weighted by atomic mass is 10.2. The van der Waals surface area contributed by atoms with Gasteiger partial charge in [-0.15, -0.1) is 0 Å². The summed E-state index contributed by atoms with van der Waals surface area (Å²) in [6.45, 7) is 3.52. The summed E-state index contributed by atoms with van der Waals surface area (Å²) in [5.41, 5.74) is 6.61. The van der Waals surface area contributed by atoms with Crippen LogP contribution in [-0.2, 0) is 14.8 Å². The summed E-state index contributed by atoms with van der Waals surface area (Å²) in [5.74, 6) is 0. The molecule has 118 valence electrons. The number of halogens is 1. The SMILES string of the molecule is Cc1c(N)cc(Cl)cc1S(=O)(=O)N1CC(CO)OCC1C. The van der Waals surface area contributed by atoms with Crippen molar-refractivity contribution in [3.05, 3.63) is 22.7 Å². The van der Waals surface area contributed by atoms with Gasteiger partial charge in [0.05, 0.1) is 24.2 Å². The average Bonchev–Trinajstić information content (AvgIpc) is 2.43. The first-order valence-corrected chi connectivity index (χ1v) is 8.39. The molecule has 0 amide bonds. The fourth-order valence-corrected chi connectivity index (χ4v) is 4.53. The molecule has 8 heteroatoms. The van der Waals surface area contributed by atoms with Gasteiger partial charge in [-0.2, -0.15) is 4.31 Å². The molecule has 0 aromatic heterocycles. The second-order valence-corrected chi connectivity index (χ2v) is 7.48. The molecule has 1 fully saturated rings. The molecule has 1 aliphatic heterocycles. The maximum atomic E-state index is 12.9. The Hall–Kier alpha value is -0.860. The molecule has 6 nitrogen and oxygen atoms in total. The predicted molar refractivity (Wildman–Crippen MR) is 80.8 cm³/mol. The Morgan fingerprint density at radius 1 is 1.52 bits per heavy atom. The number of hydrogen-bond acceptors (Lipinski definition) is 5. The Morgan fingerprint density at radius 2 is 2.19 bits per heavy atom. The number of anilines is 1. The van der Waals surface area contributed by atoms with Gasteiger partial charge in [0.1, 0.15) is 0 Å². The number of nitrogen functional groups attached to an aromatic ring is 1. The third-order valence-corrected chi connectivity index (χ3v) is 5.93. The maximum absolute atomic E-state index is 12.9. The zero-order chi connectivity index (χ0) is 15.8. The van der Waals surface area contributed by atoms with Crippen molar-refractivity contribution in [1.82, 2.24) is 4.31 Å². The molecule has 1 saturated heterocycles. The molecular formula is C13H19ClN2O4S. The molecule has 1 heterocycles. The van der Waals surface area contributed by atoms with Crippen LogP contribution < -0.4 is 5.73 Å². The van der Waals surface area contributed by atoms with Crippen molar-refractivity contribution in [3.8, 4) is 0 Å². The number of rotatable bonds is 3. The Bertz CT molecular complexity index is 635. The van der Waals surface area contributed by atoms with Crippen molar-refractivity contribution in [2.75, 3.05) is 25.5 Å². The Morgan fingerprint density at radius 3 is 2.81 bits per heavy atom. The van der Waals surface area contributed by atoms with Crippen LogP contribution in [0.1, 0.15) is 12.5 Å². The largest absolute Gasteiger partial charge is 0.398 e. The van der Waals surface area contributed by atoms with Crippen LogP contribution in [0.3, 0.4) is 0 Å². The average molecular weight is 335 g/mol. The van der Waals surface area contributed by atoms with Crippen LogP contribution in [0.4, 0.5) is 5.69 Å². The standard InChI is InChI=1S/C13H19ClN2O4S/c1-8-7-20-11(6-17)5-16(8)21(18,19)13-4-10(14)3-12(15)9(13)2/h3-4,8,11,17H,5-7,15H2,1-2H3. The number of aliphatic hydroxyl groups excluding tert-OH is 1. The minimum atomic E-state index is -3.75. The number of aliphatic hydroxyl groups is 1. The van der Waals surface area contributed by atoms with Gasteiger partial charge in [-0.3, -0.25) is 0 Å². The summed E-state index contributed by atoms with van der Waals surface area (Å²) in [6.07, 6.45) is -0.521. The van der Waals surface area contributed by atoms with Gasteiger partial charge in [0, 0.05) is 23.3 Å². The Labute approximate surface area is 129 Å². The summed E-state index contributed by atoms with van der Waals surface area (Å²) < 4.78 is 32.4. The van der Waals surface area contributed by atoms with E-state index in [1.165, 1.54) is 16.4 Å². The first-order chi connectivity index (χ1) is 9.77. The van der Waals surface area contributed by atoms with Gasteiger partial charge in [0.15, 0.2) is 0 Å². The van der Waals surface area contributed by atoms with Crippen LogP contribution in [0, 0.1) is 6.92 Å². The summed E-state index contributed by atoms with van der Waals surface area (Å²) in [5, 5.41) is 9.46. The molecular weight excluding hydrogens is 316 g/mol. The Balaban J connectivity index is 2.46. The quantitative estimate of drug-likeness (QED) is 0.804. The van der Waals surface area contributed by atoms with Crippen LogP contribution in [0.25, 0.3) is 0 Å². The molecule has 3 N–H and O–H groups in total. The smallest absolute Gasteiger partial charge is 0.243 e. The van der Waals surface area contributed by atoms with Crippen LogP contribution in [0.15, 0.2) is 17.0 Å². The van der Waals surface area contributed by atoms with Crippen molar-refractivity contribution in [2.24, 2.45) is 0 Å². The summed E-state index contributed by atoms with van der Waals surface area (Å²) in [4.78, 5) is 0.0953. The second kappa shape index (κ2) is 6.10. The van der Waals surface area contributed by atoms with E-state index in [0.29, 0.717) is 11.3 Å². The number of hydrogen-bond donors (Lipinski definition) is 2. The van der Waals surface area contributed by atoms with Gasteiger partial charge in [-0.05, 0) is 31.5 Å². The molecule has 0 bridgehead atoms. The predicted octanol–water partition coefficient (Wildman–Crippen LogP) is 1.00. The summed E-state index contributed by atoms with van der Waals surface area (Å²) in [6, 6.07) is 2.60. The Kier molecular flexibility index (Phi) is 4.79. The molecule has 0 aliphatic carbocycles.